The summed E-state index contributed by atoms with van der Waals surface area (Å²) in [7, 11) is 0. The van der Waals surface area contributed by atoms with E-state index < -0.39 is 17.7 Å². The number of hydrogen-bond acceptors (Lipinski definition) is 4. The normalized spacial score (nSPS) is 16.5. The summed E-state index contributed by atoms with van der Waals surface area (Å²) in [4.78, 5) is 46.8. The molecule has 0 spiro atoms. The maximum absolute atomic E-state index is 12.1. The fourth-order valence-electron chi connectivity index (χ4n) is 1.99. The van der Waals surface area contributed by atoms with Crippen LogP contribution in [-0.4, -0.2) is 35.1 Å². The van der Waals surface area contributed by atoms with Crippen molar-refractivity contribution in [1.82, 2.24) is 10.2 Å². The van der Waals surface area contributed by atoms with Crippen molar-refractivity contribution >= 4 is 35.4 Å². The molecule has 0 unspecified atom stereocenters. The second kappa shape index (κ2) is 6.21. The highest BCUT2D eigenvalue weighted by Gasteiger charge is 2.30. The van der Waals surface area contributed by atoms with Crippen molar-refractivity contribution < 1.29 is 19.2 Å². The summed E-state index contributed by atoms with van der Waals surface area (Å²) in [6.07, 6.45) is 1.48. The predicted molar refractivity (Wildman–Crippen MR) is 79.3 cm³/mol. The Kier molecular flexibility index (Phi) is 4.36. The van der Waals surface area contributed by atoms with Crippen molar-refractivity contribution in [2.45, 2.75) is 13.8 Å². The second-order valence-electron chi connectivity index (χ2n) is 4.82. The molecular formula is C15H15N3O4. The second-order valence-corrected chi connectivity index (χ2v) is 4.82. The van der Waals surface area contributed by atoms with Gasteiger partial charge in [0.2, 0.25) is 17.7 Å². The number of carbonyl (C=O) groups excluding carboxylic acids is 4. The van der Waals surface area contributed by atoms with Gasteiger partial charge in [0.15, 0.2) is 0 Å². The number of nitrogens with zero attached hydrogens (tertiary/aromatic N) is 1. The van der Waals surface area contributed by atoms with Gasteiger partial charge in [-0.15, -0.1) is 0 Å². The van der Waals surface area contributed by atoms with Crippen LogP contribution in [-0.2, 0) is 19.2 Å². The fraction of sp³-hybridized carbons (Fsp3) is 0.200. The number of carbonyl (C=O) groups is 4. The van der Waals surface area contributed by atoms with Crippen LogP contribution in [0.2, 0.25) is 0 Å². The van der Waals surface area contributed by atoms with Crippen molar-refractivity contribution in [2.75, 3.05) is 11.9 Å². The van der Waals surface area contributed by atoms with E-state index in [0.29, 0.717) is 11.3 Å². The van der Waals surface area contributed by atoms with Crippen LogP contribution in [0.5, 0.6) is 0 Å². The van der Waals surface area contributed by atoms with Crippen LogP contribution in [0.4, 0.5) is 5.69 Å². The molecule has 1 aliphatic rings. The zero-order valence-corrected chi connectivity index (χ0v) is 12.2. The Morgan fingerprint density at radius 2 is 1.82 bits per heavy atom. The number of nitrogens with one attached hydrogen (secondary N) is 2. The van der Waals surface area contributed by atoms with Crippen LogP contribution in [0.3, 0.4) is 0 Å². The quantitative estimate of drug-likeness (QED) is 0.777. The molecule has 4 amide bonds. The number of hydrogen-bond donors (Lipinski definition) is 2. The minimum Gasteiger partial charge on any atom is -0.326 e. The Labute approximate surface area is 127 Å². The highest BCUT2D eigenvalue weighted by atomic mass is 16.2. The van der Waals surface area contributed by atoms with Crippen LogP contribution >= 0.6 is 0 Å². The smallest absolute Gasteiger partial charge is 0.277 e. The molecule has 7 heteroatoms. The molecule has 0 atom stereocenters. The van der Waals surface area contributed by atoms with Gasteiger partial charge in [0.1, 0.15) is 12.2 Å². The Bertz CT molecular complexity index is 677. The highest BCUT2D eigenvalue weighted by Crippen LogP contribution is 2.14. The summed E-state index contributed by atoms with van der Waals surface area (Å²) in [6, 6.07) is 6.71. The molecule has 0 bridgehead atoms. The SMILES string of the molecule is CC(=O)Nc1ccc(/C=C2\NC(=O)CN(C(C)=O)C2=O)cc1. The van der Waals surface area contributed by atoms with Gasteiger partial charge in [-0.2, -0.15) is 0 Å². The van der Waals surface area contributed by atoms with E-state index in [-0.39, 0.29) is 18.1 Å². The number of imide groups is 1. The van der Waals surface area contributed by atoms with E-state index >= 15 is 0 Å². The third kappa shape index (κ3) is 3.57. The van der Waals surface area contributed by atoms with Crippen LogP contribution in [0.15, 0.2) is 30.0 Å². The van der Waals surface area contributed by atoms with Gasteiger partial charge in [-0.1, -0.05) is 12.1 Å². The molecule has 0 aromatic heterocycles. The van der Waals surface area contributed by atoms with E-state index in [1.54, 1.807) is 24.3 Å². The maximum atomic E-state index is 12.1. The molecule has 0 saturated carbocycles. The van der Waals surface area contributed by atoms with Crippen LogP contribution < -0.4 is 10.6 Å². The monoisotopic (exact) mass is 301 g/mol. The molecule has 114 valence electrons. The van der Waals surface area contributed by atoms with Crippen molar-refractivity contribution in [3.8, 4) is 0 Å². The standard InChI is InChI=1S/C15H15N3O4/c1-9(19)16-12-5-3-11(4-6-12)7-13-15(22)18(10(2)20)8-14(21)17-13/h3-7H,8H2,1-2H3,(H,16,19)(H,17,21)/b13-7-. The Morgan fingerprint density at radius 1 is 1.18 bits per heavy atom. The summed E-state index contributed by atoms with van der Waals surface area (Å²) in [5.41, 5.74) is 1.32. The third-order valence-electron chi connectivity index (χ3n) is 2.97. The minimum atomic E-state index is -0.543. The van der Waals surface area contributed by atoms with E-state index in [2.05, 4.69) is 10.6 Å². The molecule has 0 aliphatic carbocycles. The van der Waals surface area contributed by atoms with E-state index in [9.17, 15) is 19.2 Å². The lowest BCUT2D eigenvalue weighted by molar-refractivity contribution is -0.147. The molecule has 1 saturated heterocycles. The van der Waals surface area contributed by atoms with Gasteiger partial charge in [-0.05, 0) is 23.8 Å². The van der Waals surface area contributed by atoms with Crippen molar-refractivity contribution in [3.05, 3.63) is 35.5 Å². The summed E-state index contributed by atoms with van der Waals surface area (Å²) in [5.74, 6) is -1.63. The molecule has 1 heterocycles. The first-order chi connectivity index (χ1) is 10.4. The fourth-order valence-corrected chi connectivity index (χ4v) is 1.99. The van der Waals surface area contributed by atoms with Gasteiger partial charge in [-0.25, -0.2) is 0 Å². The number of piperazine rings is 1. The molecule has 1 aliphatic heterocycles. The largest absolute Gasteiger partial charge is 0.326 e. The molecule has 22 heavy (non-hydrogen) atoms. The first-order valence-corrected chi connectivity index (χ1v) is 6.58. The Hall–Kier alpha value is -2.96. The summed E-state index contributed by atoms with van der Waals surface area (Å²) in [5, 5.41) is 5.08. The average Bonchev–Trinajstić information content (AvgIpc) is 2.43. The molecule has 0 radical (unpaired) electrons. The summed E-state index contributed by atoms with van der Waals surface area (Å²) in [6.45, 7) is 2.37. The van der Waals surface area contributed by atoms with E-state index in [0.717, 1.165) is 4.90 Å². The first-order valence-electron chi connectivity index (χ1n) is 6.58. The van der Waals surface area contributed by atoms with E-state index in [4.69, 9.17) is 0 Å². The Morgan fingerprint density at radius 3 is 2.36 bits per heavy atom. The topological polar surface area (TPSA) is 95.6 Å². The van der Waals surface area contributed by atoms with Crippen molar-refractivity contribution in [3.63, 3.8) is 0 Å². The predicted octanol–water partition coefficient (Wildman–Crippen LogP) is 0.491. The zero-order chi connectivity index (χ0) is 16.3. The highest BCUT2D eigenvalue weighted by molar-refractivity contribution is 6.12. The summed E-state index contributed by atoms with van der Waals surface area (Å²) < 4.78 is 0. The average molecular weight is 301 g/mol. The van der Waals surface area contributed by atoms with Gasteiger partial charge < -0.3 is 10.6 Å². The molecular weight excluding hydrogens is 286 g/mol. The lowest BCUT2D eigenvalue weighted by Gasteiger charge is -2.25. The molecule has 1 aromatic carbocycles. The molecule has 1 aromatic rings. The molecule has 7 nitrogen and oxygen atoms in total. The van der Waals surface area contributed by atoms with Gasteiger partial charge in [0, 0.05) is 19.5 Å². The maximum Gasteiger partial charge on any atom is 0.277 e. The van der Waals surface area contributed by atoms with Gasteiger partial charge >= 0.3 is 0 Å². The van der Waals surface area contributed by atoms with Crippen LogP contribution in [0.25, 0.3) is 6.08 Å². The minimum absolute atomic E-state index is 0.0405. The lowest BCUT2D eigenvalue weighted by Crippen LogP contribution is -2.51. The van der Waals surface area contributed by atoms with Gasteiger partial charge in [-0.3, -0.25) is 24.1 Å². The van der Waals surface area contributed by atoms with Gasteiger partial charge in [0.25, 0.3) is 5.91 Å². The first kappa shape index (κ1) is 15.4. The molecule has 2 rings (SSSR count). The number of amides is 4. The van der Waals surface area contributed by atoms with Crippen LogP contribution in [0.1, 0.15) is 19.4 Å². The number of benzene rings is 1. The molecule has 1 fully saturated rings. The van der Waals surface area contributed by atoms with Crippen LogP contribution in [0, 0.1) is 0 Å². The molecule has 2 N–H and O–H groups in total. The lowest BCUT2D eigenvalue weighted by atomic mass is 10.1. The van der Waals surface area contributed by atoms with Crippen molar-refractivity contribution in [2.24, 2.45) is 0 Å². The van der Waals surface area contributed by atoms with Crippen molar-refractivity contribution in [1.29, 1.82) is 0 Å². The zero-order valence-electron chi connectivity index (χ0n) is 12.2. The van der Waals surface area contributed by atoms with E-state index in [1.807, 2.05) is 0 Å². The number of anilines is 1. The van der Waals surface area contributed by atoms with E-state index in [1.165, 1.54) is 19.9 Å². The summed E-state index contributed by atoms with van der Waals surface area (Å²) >= 11 is 0. The third-order valence-corrected chi connectivity index (χ3v) is 2.97. The number of rotatable bonds is 2. The van der Waals surface area contributed by atoms with Gasteiger partial charge in [0.05, 0.1) is 0 Å². The Balaban J connectivity index is 2.23.